The lowest BCUT2D eigenvalue weighted by atomic mass is 9.86. The van der Waals surface area contributed by atoms with Crippen LogP contribution in [0.25, 0.3) is 0 Å². The number of aliphatic hydroxyl groups excluding tert-OH is 18. The molecule has 6 aliphatic rings. The molecular formula is C44H74N2O34. The summed E-state index contributed by atoms with van der Waals surface area (Å²) in [5.41, 5.74) is 0. The highest BCUT2D eigenvalue weighted by molar-refractivity contribution is 5.78. The van der Waals surface area contributed by atoms with Crippen molar-refractivity contribution in [3.63, 3.8) is 0 Å². The highest BCUT2D eigenvalue weighted by Gasteiger charge is 2.63. The molecule has 0 aromatic rings. The predicted molar refractivity (Wildman–Crippen MR) is 244 cm³/mol. The maximum Gasteiger partial charge on any atom is 0.367 e. The fourth-order valence-corrected chi connectivity index (χ4v) is 10.1. The summed E-state index contributed by atoms with van der Waals surface area (Å²) in [5, 5.41) is 218. The van der Waals surface area contributed by atoms with Crippen molar-refractivity contribution >= 4 is 17.8 Å². The van der Waals surface area contributed by atoms with E-state index < -0.39 is 247 Å². The average molecular weight is 1180 g/mol. The van der Waals surface area contributed by atoms with Crippen LogP contribution in [0, 0.1) is 0 Å². The maximum atomic E-state index is 13.5. The largest absolute Gasteiger partial charge is 0.477 e. The van der Waals surface area contributed by atoms with Gasteiger partial charge in [-0.2, -0.15) is 0 Å². The third kappa shape index (κ3) is 13.5. The van der Waals surface area contributed by atoms with Gasteiger partial charge in [0.05, 0.1) is 45.2 Å². The number of likely N-dealkylation sites (N-methyl/N-ethyl adjacent to an activating group) is 1. The van der Waals surface area contributed by atoms with Crippen LogP contribution in [-0.2, 0) is 66.5 Å². The van der Waals surface area contributed by atoms with E-state index in [0.29, 0.717) is 0 Å². The van der Waals surface area contributed by atoms with E-state index in [0.717, 1.165) is 25.8 Å². The quantitative estimate of drug-likeness (QED) is 0.0538. The zero-order valence-corrected chi connectivity index (χ0v) is 43.0. The molecule has 36 nitrogen and oxygen atoms in total. The summed E-state index contributed by atoms with van der Waals surface area (Å²) >= 11 is 0. The number of nitrogens with zero attached hydrogens (tertiary/aromatic N) is 1. The van der Waals surface area contributed by atoms with Crippen LogP contribution in [0.3, 0.4) is 0 Å². The number of hydrogen-bond acceptors (Lipinski definition) is 33. The topological polar surface area (TPSA) is 573 Å². The lowest BCUT2D eigenvalue weighted by Crippen LogP contribution is -2.74. The van der Waals surface area contributed by atoms with E-state index in [2.05, 4.69) is 5.32 Å². The third-order valence-corrected chi connectivity index (χ3v) is 14.8. The summed E-state index contributed by atoms with van der Waals surface area (Å²) in [6.45, 7) is -2.55. The van der Waals surface area contributed by atoms with Crippen molar-refractivity contribution in [3.8, 4) is 0 Å². The standard InChI is InChI=1S/C44H74N2O34/c1-10-20(54)26(60)30(64)40(71-10)79-36-27(61)22(56)14(6-48)74-42(36)77-33-19(46(4)12(3)52)39(78-34-23(57)15(7-49)73-41(31(34)65)76-32-16(8-50)72-38(66)29(63)28(32)62)75-17(24(33)58)9-70-37-18(45-11(2)51)25(59)35(21(55)13(53)5-47)80-44(37,69)43(67)68/h10,13-42,47-50,53-66,69H,5-9H2,1-4H3,(H,45,51)(H,67,68)/t10-,13-,14-,15-,16-,17-,18+,19-,20-,21-,22+,23+,24-,25+,26-,27+,28-,29-,30+,31-,32-,33-,34+,35+,36-,37-,38+,39+,40-,41+,42+,44-/m1/s1. The van der Waals surface area contributed by atoms with Gasteiger partial charge in [0.1, 0.15) is 146 Å². The van der Waals surface area contributed by atoms with Gasteiger partial charge in [-0.05, 0) is 6.92 Å². The average Bonchev–Trinajstić information content (AvgIpc) is 3.53. The number of carboxylic acids is 1. The molecule has 6 fully saturated rings. The molecule has 32 atom stereocenters. The van der Waals surface area contributed by atoms with E-state index in [4.69, 9.17) is 52.1 Å². The highest BCUT2D eigenvalue weighted by Crippen LogP contribution is 2.39. The molecule has 0 spiro atoms. The molecule has 0 saturated carbocycles. The van der Waals surface area contributed by atoms with Gasteiger partial charge in [-0.1, -0.05) is 0 Å². The molecule has 464 valence electrons. The molecule has 0 aromatic heterocycles. The number of aliphatic hydroxyl groups is 19. The van der Waals surface area contributed by atoms with Gasteiger partial charge in [0.15, 0.2) is 31.5 Å². The van der Waals surface area contributed by atoms with E-state index in [9.17, 15) is 117 Å². The number of nitrogens with one attached hydrogen (secondary N) is 1. The van der Waals surface area contributed by atoms with Gasteiger partial charge in [-0.3, -0.25) is 9.59 Å². The lowest BCUT2D eigenvalue weighted by molar-refractivity contribution is -0.395. The Hall–Kier alpha value is -2.79. The minimum Gasteiger partial charge on any atom is -0.477 e. The molecule has 6 rings (SSSR count). The SMILES string of the molecule is CC(=O)N[C@H]1[C@H](O)[C@H]([C@H](O)[C@H](O)CO)O[C@@](O)(C(=O)O)[C@@H]1OC[C@H]1O[C@@H](O[C@H]2[C@@H](O)[C@@H](CO)O[C@@H](O[C@H]3[C@H](O)[C@@H](O)[C@@H](O)O[C@@H]3CO)[C@@H]2O)[C@H](N(C)C(C)=O)[C@@H](O[C@@H]2O[C@H](CO)[C@H](O)[C@H](O)[C@H]2O[C@H]2O[C@H](C)[C@@H](O)[C@@H](O)[C@@H]2O)[C@@H]1O. The van der Waals surface area contributed by atoms with Crippen LogP contribution in [0.4, 0.5) is 0 Å². The van der Waals surface area contributed by atoms with Crippen LogP contribution in [0.5, 0.6) is 0 Å². The van der Waals surface area contributed by atoms with Gasteiger partial charge >= 0.3 is 5.97 Å². The Morgan fingerprint density at radius 3 is 1.68 bits per heavy atom. The summed E-state index contributed by atoms with van der Waals surface area (Å²) in [4.78, 5) is 39.7. The highest BCUT2D eigenvalue weighted by atomic mass is 16.8. The Morgan fingerprint density at radius 2 is 1.10 bits per heavy atom. The molecule has 36 heteroatoms. The van der Waals surface area contributed by atoms with Gasteiger partial charge < -0.3 is 164 Å². The van der Waals surface area contributed by atoms with Gasteiger partial charge in [0.2, 0.25) is 11.8 Å². The second-order valence-corrected chi connectivity index (χ2v) is 20.2. The number of aliphatic carboxylic acids is 1. The summed E-state index contributed by atoms with van der Waals surface area (Å²) in [6, 6.07) is -4.14. The first-order valence-corrected chi connectivity index (χ1v) is 25.1. The number of amides is 2. The van der Waals surface area contributed by atoms with Crippen molar-refractivity contribution in [1.29, 1.82) is 0 Å². The second-order valence-electron chi connectivity index (χ2n) is 20.2. The predicted octanol–water partition coefficient (Wildman–Crippen LogP) is -14.3. The molecule has 0 aromatic carbocycles. The fraction of sp³-hybridized carbons (Fsp3) is 0.932. The second kappa shape index (κ2) is 27.5. The van der Waals surface area contributed by atoms with Gasteiger partial charge in [-0.25, -0.2) is 4.79 Å². The smallest absolute Gasteiger partial charge is 0.367 e. The summed E-state index contributed by atoms with van der Waals surface area (Å²) in [7, 11) is 1.06. The Kier molecular flexibility index (Phi) is 22.8. The van der Waals surface area contributed by atoms with Crippen LogP contribution in [0.2, 0.25) is 0 Å². The Balaban J connectivity index is 1.44. The van der Waals surface area contributed by atoms with Crippen molar-refractivity contribution in [2.75, 3.05) is 40.1 Å². The summed E-state index contributed by atoms with van der Waals surface area (Å²) < 4.78 is 63.3. The maximum absolute atomic E-state index is 13.5. The van der Waals surface area contributed by atoms with Crippen molar-refractivity contribution in [2.24, 2.45) is 0 Å². The van der Waals surface area contributed by atoms with Crippen LogP contribution in [-0.4, -0.2) is 361 Å². The zero-order chi connectivity index (χ0) is 59.7. The van der Waals surface area contributed by atoms with Crippen LogP contribution in [0.15, 0.2) is 0 Å². The zero-order valence-electron chi connectivity index (χ0n) is 43.0. The van der Waals surface area contributed by atoms with Crippen LogP contribution >= 0.6 is 0 Å². The first-order chi connectivity index (χ1) is 37.5. The minimum atomic E-state index is -3.75. The molecule has 0 unspecified atom stereocenters. The number of carbonyl (C=O) groups is 3. The van der Waals surface area contributed by atoms with Crippen molar-refractivity contribution in [3.05, 3.63) is 0 Å². The van der Waals surface area contributed by atoms with Crippen molar-refractivity contribution in [2.45, 2.75) is 217 Å². The molecular weight excluding hydrogens is 1100 g/mol. The number of rotatable bonds is 20. The number of carbonyl (C=O) groups excluding carboxylic acids is 2. The lowest BCUT2D eigenvalue weighted by Gasteiger charge is -2.52. The fourth-order valence-electron chi connectivity index (χ4n) is 10.1. The van der Waals surface area contributed by atoms with Crippen molar-refractivity contribution < 1.29 is 169 Å². The Bertz CT molecular complexity index is 2020. The first-order valence-electron chi connectivity index (χ1n) is 25.1. The molecule has 21 N–H and O–H groups in total. The Morgan fingerprint density at radius 1 is 0.575 bits per heavy atom. The molecule has 0 aliphatic carbocycles. The number of hydrogen-bond donors (Lipinski definition) is 21. The first kappa shape index (κ1) is 66.4. The number of carboxylic acid groups (broad SMARTS) is 1. The van der Waals surface area contributed by atoms with E-state index in [1.165, 1.54) is 6.92 Å². The van der Waals surface area contributed by atoms with E-state index in [-0.39, 0.29) is 0 Å². The van der Waals surface area contributed by atoms with Gasteiger partial charge in [0, 0.05) is 20.9 Å². The summed E-state index contributed by atoms with van der Waals surface area (Å²) in [5.74, 6) is -8.02. The van der Waals surface area contributed by atoms with E-state index in [1.54, 1.807) is 0 Å². The molecule has 0 radical (unpaired) electrons. The van der Waals surface area contributed by atoms with Crippen LogP contribution in [0.1, 0.15) is 20.8 Å². The summed E-state index contributed by atoms with van der Waals surface area (Å²) in [6.07, 6.45) is -60.5. The van der Waals surface area contributed by atoms with Crippen molar-refractivity contribution in [1.82, 2.24) is 10.2 Å². The molecule has 80 heavy (non-hydrogen) atoms. The third-order valence-electron chi connectivity index (χ3n) is 14.8. The number of ether oxygens (including phenoxy) is 11. The monoisotopic (exact) mass is 1170 g/mol. The molecule has 6 aliphatic heterocycles. The van der Waals surface area contributed by atoms with Crippen LogP contribution < -0.4 is 5.32 Å². The van der Waals surface area contributed by atoms with E-state index >= 15 is 0 Å². The van der Waals surface area contributed by atoms with E-state index in [1.807, 2.05) is 0 Å². The Labute approximate surface area is 452 Å². The normalized spacial score (nSPS) is 48.2. The molecule has 0 bridgehead atoms. The molecule has 6 saturated heterocycles. The van der Waals surface area contributed by atoms with Gasteiger partial charge in [0.25, 0.3) is 5.79 Å². The molecule has 6 heterocycles. The van der Waals surface area contributed by atoms with Gasteiger partial charge in [-0.15, -0.1) is 0 Å². The molecule has 2 amide bonds. The minimum absolute atomic E-state index is 0.772.